The van der Waals surface area contributed by atoms with E-state index in [0.717, 1.165) is 12.1 Å². The maximum Gasteiger partial charge on any atom is 0.194 e. The monoisotopic (exact) mass is 307 g/mol. The van der Waals surface area contributed by atoms with Gasteiger partial charge >= 0.3 is 0 Å². The summed E-state index contributed by atoms with van der Waals surface area (Å²) in [6.07, 6.45) is 1.23. The van der Waals surface area contributed by atoms with Crippen LogP contribution in [0.2, 0.25) is 0 Å². The summed E-state index contributed by atoms with van der Waals surface area (Å²) in [4.78, 5) is 0. The molecule has 0 bridgehead atoms. The zero-order chi connectivity index (χ0) is 14.9. The molecule has 1 N–H and O–H groups in total. The van der Waals surface area contributed by atoms with Gasteiger partial charge in [-0.05, 0) is 37.5 Å². The van der Waals surface area contributed by atoms with Gasteiger partial charge in [-0.1, -0.05) is 0 Å². The smallest absolute Gasteiger partial charge is 0.194 e. The van der Waals surface area contributed by atoms with Crippen LogP contribution in [0.3, 0.4) is 0 Å². The molecule has 2 atom stereocenters. The molecular weight excluding hydrogens is 291 g/mol. The van der Waals surface area contributed by atoms with E-state index >= 15 is 0 Å². The summed E-state index contributed by atoms with van der Waals surface area (Å²) in [7, 11) is -3.06. The molecule has 3 nitrogen and oxygen atoms in total. The Labute approximate surface area is 116 Å². The van der Waals surface area contributed by atoms with Crippen molar-refractivity contribution in [2.24, 2.45) is 0 Å². The van der Waals surface area contributed by atoms with Gasteiger partial charge in [0, 0.05) is 12.6 Å². The highest BCUT2D eigenvalue weighted by atomic mass is 32.2. The molecular formula is C13H16F3NO2S. The molecule has 1 aromatic carbocycles. The number of halogens is 3. The van der Waals surface area contributed by atoms with Crippen molar-refractivity contribution >= 4 is 9.84 Å². The Bertz CT molecular complexity index is 581. The van der Waals surface area contributed by atoms with Gasteiger partial charge in [-0.25, -0.2) is 21.6 Å². The lowest BCUT2D eigenvalue weighted by atomic mass is 10.1. The molecule has 0 radical (unpaired) electrons. The zero-order valence-electron chi connectivity index (χ0n) is 11.0. The van der Waals surface area contributed by atoms with Crippen molar-refractivity contribution in [3.8, 4) is 0 Å². The molecule has 0 amide bonds. The summed E-state index contributed by atoms with van der Waals surface area (Å²) < 4.78 is 62.4. The normalized spacial score (nSPS) is 22.9. The summed E-state index contributed by atoms with van der Waals surface area (Å²) in [5.74, 6) is -3.81. The van der Waals surface area contributed by atoms with Crippen LogP contribution in [0, 0.1) is 17.5 Å². The third-order valence-electron chi connectivity index (χ3n) is 3.62. The lowest BCUT2D eigenvalue weighted by Gasteiger charge is -2.17. The molecule has 0 unspecified atom stereocenters. The highest BCUT2D eigenvalue weighted by Crippen LogP contribution is 2.22. The van der Waals surface area contributed by atoms with E-state index in [4.69, 9.17) is 0 Å². The van der Waals surface area contributed by atoms with Crippen LogP contribution >= 0.6 is 0 Å². The molecule has 1 aliphatic rings. The number of sulfone groups is 1. The van der Waals surface area contributed by atoms with Gasteiger partial charge in [-0.2, -0.15) is 0 Å². The second-order valence-electron chi connectivity index (χ2n) is 5.06. The quantitative estimate of drug-likeness (QED) is 0.869. The Balaban J connectivity index is 2.04. The molecule has 1 aromatic rings. The minimum atomic E-state index is -3.06. The number of rotatable bonds is 4. The minimum Gasteiger partial charge on any atom is -0.309 e. The van der Waals surface area contributed by atoms with Gasteiger partial charge in [-0.3, -0.25) is 0 Å². The number of benzene rings is 1. The lowest BCUT2D eigenvalue weighted by molar-refractivity contribution is 0.440. The molecule has 0 aliphatic carbocycles. The summed E-state index contributed by atoms with van der Waals surface area (Å²) in [5, 5.41) is 2.48. The van der Waals surface area contributed by atoms with E-state index in [-0.39, 0.29) is 17.9 Å². The fourth-order valence-corrected chi connectivity index (χ4v) is 4.12. The second kappa shape index (κ2) is 5.73. The first-order valence-electron chi connectivity index (χ1n) is 6.40. The second-order valence-corrected chi connectivity index (χ2v) is 7.46. The van der Waals surface area contributed by atoms with E-state index < -0.39 is 38.6 Å². The minimum absolute atomic E-state index is 0.188. The van der Waals surface area contributed by atoms with Gasteiger partial charge in [0.25, 0.3) is 0 Å². The highest BCUT2D eigenvalue weighted by Gasteiger charge is 2.31. The van der Waals surface area contributed by atoms with E-state index in [2.05, 4.69) is 5.32 Å². The van der Waals surface area contributed by atoms with Crippen LogP contribution in [-0.2, 0) is 9.84 Å². The fraction of sp³-hybridized carbons (Fsp3) is 0.538. The molecule has 20 heavy (non-hydrogen) atoms. The summed E-state index contributed by atoms with van der Waals surface area (Å²) in [5.41, 5.74) is 0.247. The number of nitrogens with one attached hydrogen (secondary N) is 1. The summed E-state index contributed by atoms with van der Waals surface area (Å²) >= 11 is 0. The van der Waals surface area contributed by atoms with Crippen LogP contribution in [-0.4, -0.2) is 26.0 Å². The topological polar surface area (TPSA) is 46.2 Å². The SMILES string of the molecule is C[C@@H](NC[C@@H]1CCCS1(=O)=O)c1cc(F)c(F)c(F)c1. The van der Waals surface area contributed by atoms with Crippen molar-refractivity contribution in [3.63, 3.8) is 0 Å². The zero-order valence-corrected chi connectivity index (χ0v) is 11.8. The van der Waals surface area contributed by atoms with E-state index in [9.17, 15) is 21.6 Å². The molecule has 1 saturated heterocycles. The van der Waals surface area contributed by atoms with Gasteiger partial charge in [0.05, 0.1) is 11.0 Å². The Morgan fingerprint density at radius 2 is 1.90 bits per heavy atom. The molecule has 1 aliphatic heterocycles. The molecule has 0 spiro atoms. The molecule has 0 saturated carbocycles. The molecule has 2 rings (SSSR count). The predicted molar refractivity (Wildman–Crippen MR) is 69.5 cm³/mol. The average molecular weight is 307 g/mol. The standard InChI is InChI=1S/C13H16F3NO2S/c1-8(9-5-11(14)13(16)12(15)6-9)17-7-10-3-2-4-20(10,18)19/h5-6,8,10,17H,2-4,7H2,1H3/t8-,10+/m1/s1. The first-order chi connectivity index (χ1) is 9.31. The maximum atomic E-state index is 13.1. The molecule has 1 heterocycles. The van der Waals surface area contributed by atoms with Crippen LogP contribution in [0.4, 0.5) is 13.2 Å². The summed E-state index contributed by atoms with van der Waals surface area (Å²) in [6.45, 7) is 1.87. The van der Waals surface area contributed by atoms with Crippen molar-refractivity contribution in [2.75, 3.05) is 12.3 Å². The Hall–Kier alpha value is -1.08. The van der Waals surface area contributed by atoms with Crippen molar-refractivity contribution < 1.29 is 21.6 Å². The van der Waals surface area contributed by atoms with Crippen molar-refractivity contribution in [1.29, 1.82) is 0 Å². The molecule has 7 heteroatoms. The Morgan fingerprint density at radius 3 is 2.40 bits per heavy atom. The van der Waals surface area contributed by atoms with Crippen LogP contribution in [0.25, 0.3) is 0 Å². The van der Waals surface area contributed by atoms with E-state index in [1.54, 1.807) is 6.92 Å². The van der Waals surface area contributed by atoms with E-state index in [1.165, 1.54) is 0 Å². The van der Waals surface area contributed by atoms with Crippen LogP contribution in [0.1, 0.15) is 31.4 Å². The number of hydrogen-bond acceptors (Lipinski definition) is 3. The third-order valence-corrected chi connectivity index (χ3v) is 5.90. The molecule has 112 valence electrons. The summed E-state index contributed by atoms with van der Waals surface area (Å²) in [6, 6.07) is 1.37. The van der Waals surface area contributed by atoms with Crippen molar-refractivity contribution in [2.45, 2.75) is 31.1 Å². The van der Waals surface area contributed by atoms with E-state index in [1.807, 2.05) is 0 Å². The van der Waals surface area contributed by atoms with Crippen molar-refractivity contribution in [1.82, 2.24) is 5.32 Å². The fourth-order valence-electron chi connectivity index (χ4n) is 2.34. The van der Waals surface area contributed by atoms with Gasteiger partial charge in [0.1, 0.15) is 0 Å². The first-order valence-corrected chi connectivity index (χ1v) is 8.12. The van der Waals surface area contributed by atoms with Crippen molar-refractivity contribution in [3.05, 3.63) is 35.1 Å². The molecule has 1 fully saturated rings. The Morgan fingerprint density at radius 1 is 1.30 bits per heavy atom. The van der Waals surface area contributed by atoms with Crippen LogP contribution in [0.5, 0.6) is 0 Å². The predicted octanol–water partition coefficient (Wildman–Crippen LogP) is 2.33. The highest BCUT2D eigenvalue weighted by molar-refractivity contribution is 7.92. The maximum absolute atomic E-state index is 13.1. The van der Waals surface area contributed by atoms with Gasteiger partial charge < -0.3 is 5.32 Å². The number of hydrogen-bond donors (Lipinski definition) is 1. The average Bonchev–Trinajstić information content (AvgIpc) is 2.71. The van der Waals surface area contributed by atoms with Crippen LogP contribution in [0.15, 0.2) is 12.1 Å². The molecule has 0 aromatic heterocycles. The van der Waals surface area contributed by atoms with E-state index in [0.29, 0.717) is 12.8 Å². The lowest BCUT2D eigenvalue weighted by Crippen LogP contribution is -2.32. The first kappa shape index (κ1) is 15.3. The van der Waals surface area contributed by atoms with Gasteiger partial charge in [-0.15, -0.1) is 0 Å². The third kappa shape index (κ3) is 3.15. The largest absolute Gasteiger partial charge is 0.309 e. The van der Waals surface area contributed by atoms with Crippen LogP contribution < -0.4 is 5.32 Å². The van der Waals surface area contributed by atoms with Gasteiger partial charge in [0.15, 0.2) is 27.3 Å². The van der Waals surface area contributed by atoms with Gasteiger partial charge in [0.2, 0.25) is 0 Å². The Kier molecular flexibility index (Phi) is 4.39.